The van der Waals surface area contributed by atoms with Crippen molar-refractivity contribution in [2.45, 2.75) is 26.8 Å². The topological polar surface area (TPSA) is 62.3 Å². The van der Waals surface area contributed by atoms with E-state index in [0.717, 1.165) is 13.1 Å². The molecular formula is C26H31N3O4. The summed E-state index contributed by atoms with van der Waals surface area (Å²) in [6, 6.07) is 13.6. The number of nitrogens with zero attached hydrogens (tertiary/aromatic N) is 3. The van der Waals surface area contributed by atoms with Crippen LogP contribution in [0.5, 0.6) is 11.5 Å². The largest absolute Gasteiger partial charge is 0.493 e. The fraction of sp³-hybridized carbons (Fsp3) is 0.385. The van der Waals surface area contributed by atoms with Gasteiger partial charge in [0.2, 0.25) is 0 Å². The zero-order valence-corrected chi connectivity index (χ0v) is 19.9. The highest BCUT2D eigenvalue weighted by Crippen LogP contribution is 2.37. The number of benzene rings is 2. The molecule has 0 atom stereocenters. The van der Waals surface area contributed by atoms with Gasteiger partial charge in [0.25, 0.3) is 11.8 Å². The van der Waals surface area contributed by atoms with Crippen LogP contribution >= 0.6 is 0 Å². The molecule has 1 fully saturated rings. The first kappa shape index (κ1) is 22.7. The summed E-state index contributed by atoms with van der Waals surface area (Å²) in [5.41, 5.74) is 3.97. The Hall–Kier alpha value is -3.48. The van der Waals surface area contributed by atoms with Gasteiger partial charge in [-0.25, -0.2) is 0 Å². The number of rotatable bonds is 6. The van der Waals surface area contributed by atoms with E-state index in [-0.39, 0.29) is 17.9 Å². The van der Waals surface area contributed by atoms with Crippen molar-refractivity contribution in [1.29, 1.82) is 0 Å². The summed E-state index contributed by atoms with van der Waals surface area (Å²) >= 11 is 0. The molecule has 4 rings (SSSR count). The fourth-order valence-corrected chi connectivity index (χ4v) is 4.56. The number of carbonyl (C=O) groups is 2. The summed E-state index contributed by atoms with van der Waals surface area (Å²) in [5, 5.41) is 0. The highest BCUT2D eigenvalue weighted by molar-refractivity contribution is 6.35. The Morgan fingerprint density at radius 2 is 1.48 bits per heavy atom. The van der Waals surface area contributed by atoms with E-state index < -0.39 is 0 Å². The number of amides is 2. The average Bonchev–Trinajstić information content (AvgIpc) is 3.08. The van der Waals surface area contributed by atoms with E-state index >= 15 is 0 Å². The van der Waals surface area contributed by atoms with Crippen LogP contribution in [0.15, 0.2) is 48.2 Å². The lowest BCUT2D eigenvalue weighted by atomic mass is 10.0. The Labute approximate surface area is 195 Å². The molecule has 7 nitrogen and oxygen atoms in total. The zero-order chi connectivity index (χ0) is 23.7. The SMILES string of the molecule is COc1ccc(C2=C(N3CCN(c4cccc(C)c4)CC3)C(=O)N(C(C)C)C2=O)cc1OC. The second-order valence-corrected chi connectivity index (χ2v) is 8.68. The van der Waals surface area contributed by atoms with Crippen molar-refractivity contribution in [2.75, 3.05) is 45.3 Å². The molecule has 0 N–H and O–H groups in total. The minimum absolute atomic E-state index is 0.230. The lowest BCUT2D eigenvalue weighted by molar-refractivity contribution is -0.139. The standard InChI is InChI=1S/C26H31N3O4/c1-17(2)29-25(30)23(19-9-10-21(32-4)22(16-19)33-5)24(26(29)31)28-13-11-27(12-14-28)20-8-6-7-18(3)15-20/h6-10,15-17H,11-14H2,1-5H3. The number of aryl methyl sites for hydroxylation is 1. The number of ether oxygens (including phenoxy) is 2. The van der Waals surface area contributed by atoms with Crippen molar-refractivity contribution in [2.24, 2.45) is 0 Å². The quantitative estimate of drug-likeness (QED) is 0.631. The molecule has 0 radical (unpaired) electrons. The molecule has 2 heterocycles. The summed E-state index contributed by atoms with van der Waals surface area (Å²) in [6.07, 6.45) is 0. The maximum Gasteiger partial charge on any atom is 0.278 e. The molecule has 0 unspecified atom stereocenters. The van der Waals surface area contributed by atoms with Crippen LogP contribution in [0.4, 0.5) is 5.69 Å². The third-order valence-electron chi connectivity index (χ3n) is 6.24. The number of anilines is 1. The van der Waals surface area contributed by atoms with Crippen molar-refractivity contribution in [1.82, 2.24) is 9.80 Å². The van der Waals surface area contributed by atoms with E-state index in [2.05, 4.69) is 41.0 Å². The molecule has 7 heteroatoms. The Bertz CT molecular complexity index is 1100. The van der Waals surface area contributed by atoms with Crippen LogP contribution < -0.4 is 14.4 Å². The van der Waals surface area contributed by atoms with Crippen molar-refractivity contribution >= 4 is 23.1 Å². The van der Waals surface area contributed by atoms with Crippen LogP contribution in [-0.4, -0.2) is 68.1 Å². The van der Waals surface area contributed by atoms with Gasteiger partial charge in [-0.15, -0.1) is 0 Å². The number of methoxy groups -OCH3 is 2. The molecule has 1 saturated heterocycles. The minimum atomic E-state index is -0.265. The maximum absolute atomic E-state index is 13.5. The highest BCUT2D eigenvalue weighted by atomic mass is 16.5. The molecule has 2 aliphatic heterocycles. The van der Waals surface area contributed by atoms with E-state index in [0.29, 0.717) is 41.4 Å². The fourth-order valence-electron chi connectivity index (χ4n) is 4.56. The first-order chi connectivity index (χ1) is 15.8. The summed E-state index contributed by atoms with van der Waals surface area (Å²) in [6.45, 7) is 8.67. The van der Waals surface area contributed by atoms with Crippen molar-refractivity contribution < 1.29 is 19.1 Å². The van der Waals surface area contributed by atoms with Gasteiger partial charge in [0.05, 0.1) is 19.8 Å². The van der Waals surface area contributed by atoms with Crippen LogP contribution in [-0.2, 0) is 9.59 Å². The van der Waals surface area contributed by atoms with Gasteiger partial charge in [0.1, 0.15) is 5.70 Å². The maximum atomic E-state index is 13.5. The van der Waals surface area contributed by atoms with Crippen LogP contribution in [0.25, 0.3) is 5.57 Å². The molecular weight excluding hydrogens is 418 g/mol. The van der Waals surface area contributed by atoms with Crippen LogP contribution in [0.2, 0.25) is 0 Å². The van der Waals surface area contributed by atoms with Crippen LogP contribution in [0.3, 0.4) is 0 Å². The van der Waals surface area contributed by atoms with Gasteiger partial charge in [-0.1, -0.05) is 18.2 Å². The van der Waals surface area contributed by atoms with Crippen molar-refractivity contribution in [3.05, 3.63) is 59.3 Å². The molecule has 33 heavy (non-hydrogen) atoms. The Morgan fingerprint density at radius 1 is 0.818 bits per heavy atom. The van der Waals surface area contributed by atoms with Crippen LogP contribution in [0, 0.1) is 6.92 Å². The second kappa shape index (κ2) is 9.17. The first-order valence-electron chi connectivity index (χ1n) is 11.3. The summed E-state index contributed by atoms with van der Waals surface area (Å²) in [5.74, 6) is 0.601. The third-order valence-corrected chi connectivity index (χ3v) is 6.24. The molecule has 0 bridgehead atoms. The number of hydrogen-bond donors (Lipinski definition) is 0. The van der Waals surface area contributed by atoms with Gasteiger partial charge in [0, 0.05) is 37.9 Å². The van der Waals surface area contributed by atoms with Gasteiger partial charge in [-0.2, -0.15) is 0 Å². The lowest BCUT2D eigenvalue weighted by Gasteiger charge is -2.38. The monoisotopic (exact) mass is 449 g/mol. The lowest BCUT2D eigenvalue weighted by Crippen LogP contribution is -2.48. The summed E-state index contributed by atoms with van der Waals surface area (Å²) in [7, 11) is 3.13. The van der Waals surface area contributed by atoms with E-state index in [1.165, 1.54) is 16.2 Å². The predicted octanol–water partition coefficient (Wildman–Crippen LogP) is 3.32. The highest BCUT2D eigenvalue weighted by Gasteiger charge is 2.43. The molecule has 0 saturated carbocycles. The summed E-state index contributed by atoms with van der Waals surface area (Å²) < 4.78 is 10.8. The number of imide groups is 1. The molecule has 174 valence electrons. The van der Waals surface area contributed by atoms with Crippen LogP contribution in [0.1, 0.15) is 25.0 Å². The Morgan fingerprint density at radius 3 is 2.09 bits per heavy atom. The number of piperazine rings is 1. The molecule has 2 aromatic carbocycles. The predicted molar refractivity (Wildman–Crippen MR) is 128 cm³/mol. The molecule has 0 aliphatic carbocycles. The summed E-state index contributed by atoms with van der Waals surface area (Å²) in [4.78, 5) is 32.6. The zero-order valence-electron chi connectivity index (χ0n) is 19.9. The van der Waals surface area contributed by atoms with E-state index in [1.54, 1.807) is 26.4 Å². The minimum Gasteiger partial charge on any atom is -0.493 e. The van der Waals surface area contributed by atoms with Gasteiger partial charge in [0.15, 0.2) is 11.5 Å². The van der Waals surface area contributed by atoms with E-state index in [9.17, 15) is 9.59 Å². The molecule has 2 amide bonds. The number of carbonyl (C=O) groups excluding carboxylic acids is 2. The Balaban J connectivity index is 1.69. The van der Waals surface area contributed by atoms with Crippen molar-refractivity contribution in [3.8, 4) is 11.5 Å². The normalized spacial score (nSPS) is 16.8. The average molecular weight is 450 g/mol. The Kier molecular flexibility index (Phi) is 6.31. The first-order valence-corrected chi connectivity index (χ1v) is 11.3. The molecule has 2 aromatic rings. The van der Waals surface area contributed by atoms with Gasteiger partial charge in [-0.3, -0.25) is 14.5 Å². The van der Waals surface area contributed by atoms with Gasteiger partial charge < -0.3 is 19.3 Å². The second-order valence-electron chi connectivity index (χ2n) is 8.68. The van der Waals surface area contributed by atoms with Gasteiger partial charge >= 0.3 is 0 Å². The third kappa shape index (κ3) is 4.15. The smallest absolute Gasteiger partial charge is 0.278 e. The van der Waals surface area contributed by atoms with E-state index in [4.69, 9.17) is 9.47 Å². The number of hydrogen-bond acceptors (Lipinski definition) is 6. The van der Waals surface area contributed by atoms with E-state index in [1.807, 2.05) is 19.9 Å². The van der Waals surface area contributed by atoms with Crippen molar-refractivity contribution in [3.63, 3.8) is 0 Å². The van der Waals surface area contributed by atoms with Gasteiger partial charge in [-0.05, 0) is 56.2 Å². The molecule has 0 spiro atoms. The molecule has 2 aliphatic rings. The molecule has 0 aromatic heterocycles.